The molecule has 1 aromatic rings. The molecule has 3 rings (SSSR count). The summed E-state index contributed by atoms with van der Waals surface area (Å²) in [6, 6.07) is 0.596. The molecule has 0 amide bonds. The number of aromatic nitrogens is 3. The molecule has 104 valence electrons. The summed E-state index contributed by atoms with van der Waals surface area (Å²) in [5.74, 6) is 2.28. The van der Waals surface area contributed by atoms with Crippen molar-refractivity contribution in [3.05, 3.63) is 0 Å². The van der Waals surface area contributed by atoms with Crippen LogP contribution in [0.1, 0.15) is 32.1 Å². The summed E-state index contributed by atoms with van der Waals surface area (Å²) in [7, 11) is 3.95. The van der Waals surface area contributed by atoms with E-state index in [9.17, 15) is 0 Å². The average Bonchev–Trinajstić information content (AvgIpc) is 2.90. The van der Waals surface area contributed by atoms with Gasteiger partial charge in [0, 0.05) is 33.2 Å². The number of hydrogen-bond donors (Lipinski definition) is 1. The van der Waals surface area contributed by atoms with Gasteiger partial charge in [0.15, 0.2) is 0 Å². The van der Waals surface area contributed by atoms with Gasteiger partial charge in [-0.25, -0.2) is 0 Å². The van der Waals surface area contributed by atoms with Crippen molar-refractivity contribution in [2.45, 2.75) is 38.1 Å². The van der Waals surface area contributed by atoms with Crippen LogP contribution in [-0.4, -0.2) is 48.2 Å². The van der Waals surface area contributed by atoms with Gasteiger partial charge in [0.2, 0.25) is 17.8 Å². The fraction of sp³-hybridized carbons (Fsp3) is 0.769. The molecule has 1 saturated carbocycles. The highest BCUT2D eigenvalue weighted by atomic mass is 15.4. The number of hydrogen-bond acceptors (Lipinski definition) is 6. The molecule has 1 saturated heterocycles. The van der Waals surface area contributed by atoms with Gasteiger partial charge in [-0.05, 0) is 32.1 Å². The zero-order valence-corrected chi connectivity index (χ0v) is 11.8. The SMILES string of the molecule is CNc1nc(N2CCCC2)nc(N(C)C2CCC2)n1. The molecule has 0 radical (unpaired) electrons. The summed E-state index contributed by atoms with van der Waals surface area (Å²) in [5.41, 5.74) is 0. The standard InChI is InChI=1S/C13H22N6/c1-14-11-15-12(18(2)10-6-5-7-10)17-13(16-11)19-8-3-4-9-19/h10H,3-9H2,1-2H3,(H,14,15,16,17). The van der Waals surface area contributed by atoms with E-state index in [0.717, 1.165) is 25.0 Å². The quantitative estimate of drug-likeness (QED) is 0.887. The zero-order chi connectivity index (χ0) is 13.2. The van der Waals surface area contributed by atoms with E-state index in [0.29, 0.717) is 12.0 Å². The maximum Gasteiger partial charge on any atom is 0.231 e. The highest BCUT2D eigenvalue weighted by molar-refractivity contribution is 5.45. The van der Waals surface area contributed by atoms with Gasteiger partial charge in [-0.1, -0.05) is 0 Å². The maximum atomic E-state index is 4.66. The van der Waals surface area contributed by atoms with Crippen molar-refractivity contribution < 1.29 is 0 Å². The number of nitrogens with zero attached hydrogens (tertiary/aromatic N) is 5. The fourth-order valence-corrected chi connectivity index (χ4v) is 2.62. The van der Waals surface area contributed by atoms with Crippen molar-refractivity contribution in [2.24, 2.45) is 0 Å². The molecule has 6 nitrogen and oxygen atoms in total. The third-order valence-electron chi connectivity index (χ3n) is 4.16. The van der Waals surface area contributed by atoms with Crippen LogP contribution >= 0.6 is 0 Å². The van der Waals surface area contributed by atoms with Crippen LogP contribution in [-0.2, 0) is 0 Å². The van der Waals surface area contributed by atoms with Crippen LogP contribution in [0.5, 0.6) is 0 Å². The summed E-state index contributed by atoms with van der Waals surface area (Å²) in [5, 5.41) is 3.05. The molecule has 0 aromatic carbocycles. The maximum absolute atomic E-state index is 4.66. The van der Waals surface area contributed by atoms with Crippen LogP contribution in [0.2, 0.25) is 0 Å². The lowest BCUT2D eigenvalue weighted by Crippen LogP contribution is -2.38. The number of nitrogens with one attached hydrogen (secondary N) is 1. The van der Waals surface area contributed by atoms with Gasteiger partial charge in [-0.3, -0.25) is 0 Å². The predicted octanol–water partition coefficient (Wildman–Crippen LogP) is 1.50. The first-order valence-corrected chi connectivity index (χ1v) is 7.19. The van der Waals surface area contributed by atoms with Crippen molar-refractivity contribution >= 4 is 17.8 Å². The molecule has 2 aliphatic rings. The lowest BCUT2D eigenvalue weighted by atomic mass is 9.92. The average molecular weight is 262 g/mol. The van der Waals surface area contributed by atoms with E-state index in [4.69, 9.17) is 0 Å². The largest absolute Gasteiger partial charge is 0.357 e. The first kappa shape index (κ1) is 12.4. The van der Waals surface area contributed by atoms with E-state index in [1.165, 1.54) is 32.1 Å². The Morgan fingerprint density at radius 3 is 2.42 bits per heavy atom. The molecule has 1 N–H and O–H groups in total. The van der Waals surface area contributed by atoms with Gasteiger partial charge in [-0.15, -0.1) is 0 Å². The summed E-state index contributed by atoms with van der Waals surface area (Å²) in [4.78, 5) is 18.1. The molecule has 19 heavy (non-hydrogen) atoms. The molecule has 0 unspecified atom stereocenters. The predicted molar refractivity (Wildman–Crippen MR) is 76.9 cm³/mol. The van der Waals surface area contributed by atoms with Crippen molar-refractivity contribution in [3.8, 4) is 0 Å². The second-order valence-corrected chi connectivity index (χ2v) is 5.40. The topological polar surface area (TPSA) is 57.2 Å². The van der Waals surface area contributed by atoms with Gasteiger partial charge in [0.25, 0.3) is 0 Å². The van der Waals surface area contributed by atoms with Crippen LogP contribution < -0.4 is 15.1 Å². The van der Waals surface area contributed by atoms with Crippen LogP contribution in [0.25, 0.3) is 0 Å². The van der Waals surface area contributed by atoms with E-state index in [1.807, 2.05) is 7.05 Å². The monoisotopic (exact) mass is 262 g/mol. The van der Waals surface area contributed by atoms with Gasteiger partial charge in [-0.2, -0.15) is 15.0 Å². The minimum atomic E-state index is 0.596. The second kappa shape index (κ2) is 5.19. The third-order valence-corrected chi connectivity index (χ3v) is 4.16. The molecule has 1 aliphatic carbocycles. The molecule has 1 aromatic heterocycles. The Balaban J connectivity index is 1.87. The van der Waals surface area contributed by atoms with E-state index < -0.39 is 0 Å². The Morgan fingerprint density at radius 2 is 1.84 bits per heavy atom. The van der Waals surface area contributed by atoms with Gasteiger partial charge in [0.1, 0.15) is 0 Å². The Labute approximate surface area is 114 Å². The minimum absolute atomic E-state index is 0.596. The number of rotatable bonds is 4. The molecular weight excluding hydrogens is 240 g/mol. The van der Waals surface area contributed by atoms with E-state index in [1.54, 1.807) is 0 Å². The van der Waals surface area contributed by atoms with E-state index in [2.05, 4.69) is 37.1 Å². The summed E-state index contributed by atoms with van der Waals surface area (Å²) >= 11 is 0. The van der Waals surface area contributed by atoms with Crippen LogP contribution in [0.15, 0.2) is 0 Å². The first-order chi connectivity index (χ1) is 9.28. The molecule has 0 bridgehead atoms. The minimum Gasteiger partial charge on any atom is -0.357 e. The Kier molecular flexibility index (Phi) is 3.40. The molecule has 0 atom stereocenters. The van der Waals surface area contributed by atoms with Gasteiger partial charge >= 0.3 is 0 Å². The van der Waals surface area contributed by atoms with E-state index >= 15 is 0 Å². The molecule has 2 heterocycles. The molecule has 6 heteroatoms. The first-order valence-electron chi connectivity index (χ1n) is 7.19. The van der Waals surface area contributed by atoms with Crippen molar-refractivity contribution in [3.63, 3.8) is 0 Å². The Morgan fingerprint density at radius 1 is 1.11 bits per heavy atom. The fourth-order valence-electron chi connectivity index (χ4n) is 2.62. The van der Waals surface area contributed by atoms with Crippen molar-refractivity contribution in [2.75, 3.05) is 42.3 Å². The smallest absolute Gasteiger partial charge is 0.231 e. The van der Waals surface area contributed by atoms with E-state index in [-0.39, 0.29) is 0 Å². The zero-order valence-electron chi connectivity index (χ0n) is 11.8. The third kappa shape index (κ3) is 2.43. The van der Waals surface area contributed by atoms with Crippen LogP contribution in [0, 0.1) is 0 Å². The Bertz CT molecular complexity index is 439. The molecule has 1 aliphatic heterocycles. The summed E-state index contributed by atoms with van der Waals surface area (Å²) in [6.07, 6.45) is 6.27. The van der Waals surface area contributed by atoms with Gasteiger partial charge < -0.3 is 15.1 Å². The van der Waals surface area contributed by atoms with Crippen molar-refractivity contribution in [1.82, 2.24) is 15.0 Å². The molecule has 0 spiro atoms. The van der Waals surface area contributed by atoms with Gasteiger partial charge in [0.05, 0.1) is 0 Å². The second-order valence-electron chi connectivity index (χ2n) is 5.40. The lowest BCUT2D eigenvalue weighted by molar-refractivity contribution is 0.397. The Hall–Kier alpha value is -1.59. The van der Waals surface area contributed by atoms with Crippen LogP contribution in [0.3, 0.4) is 0 Å². The molecule has 2 fully saturated rings. The summed E-state index contributed by atoms with van der Waals surface area (Å²) < 4.78 is 0. The van der Waals surface area contributed by atoms with Crippen LogP contribution in [0.4, 0.5) is 17.8 Å². The van der Waals surface area contributed by atoms with Crippen molar-refractivity contribution in [1.29, 1.82) is 0 Å². The normalized spacial score (nSPS) is 19.4. The highest BCUT2D eigenvalue weighted by Crippen LogP contribution is 2.28. The molecular formula is C13H22N6. The number of anilines is 3. The summed E-state index contributed by atoms with van der Waals surface area (Å²) in [6.45, 7) is 2.11. The highest BCUT2D eigenvalue weighted by Gasteiger charge is 2.25. The lowest BCUT2D eigenvalue weighted by Gasteiger charge is -2.35.